The van der Waals surface area contributed by atoms with Gasteiger partial charge >= 0.3 is 0 Å². The molecule has 0 fully saturated rings. The highest BCUT2D eigenvalue weighted by molar-refractivity contribution is 5.98. The predicted molar refractivity (Wildman–Crippen MR) is 290 cm³/mol. The van der Waals surface area contributed by atoms with Crippen molar-refractivity contribution in [1.29, 1.82) is 5.41 Å². The summed E-state index contributed by atoms with van der Waals surface area (Å²) in [6.45, 7) is 6.57. The average molecular weight is 889 g/mol. The van der Waals surface area contributed by atoms with Gasteiger partial charge in [-0.1, -0.05) is 212 Å². The van der Waals surface area contributed by atoms with Crippen molar-refractivity contribution in [2.45, 2.75) is 18.9 Å². The highest BCUT2D eigenvalue weighted by Gasteiger charge is 2.52. The number of benzene rings is 10. The lowest BCUT2D eigenvalue weighted by molar-refractivity contribution is 0.752. The maximum absolute atomic E-state index is 7.01. The van der Waals surface area contributed by atoms with Crippen molar-refractivity contribution in [3.05, 3.63) is 294 Å². The number of nitrogen functional groups attached to an aromatic ring is 1. The molecule has 1 aliphatic heterocycles. The Morgan fingerprint density at radius 3 is 1.42 bits per heavy atom. The summed E-state index contributed by atoms with van der Waals surface area (Å²) < 4.78 is 0. The van der Waals surface area contributed by atoms with Crippen molar-refractivity contribution in [1.82, 2.24) is 0 Å². The molecule has 0 saturated carbocycles. The Labute approximate surface area is 405 Å². The normalized spacial score (nSPS) is 12.2. The van der Waals surface area contributed by atoms with Crippen LogP contribution < -0.4 is 10.6 Å². The van der Waals surface area contributed by atoms with Gasteiger partial charge < -0.3 is 10.6 Å². The first-order valence-electron chi connectivity index (χ1n) is 23.4. The average Bonchev–Trinajstić information content (AvgIpc) is 3.71. The van der Waals surface area contributed by atoms with E-state index in [1.54, 1.807) is 0 Å². The van der Waals surface area contributed by atoms with Gasteiger partial charge in [-0.15, -0.1) is 0 Å². The standard InChI is InChI=1S/C51H36N2.C7H8N2.C7H8/c1-52-34-38-20-15-25-47-50(38)43-33-37(41-31-39(35-16-5-2-6-17-35)30-40(32-41)36-18-7-3-8-19-36)28-29-44(43)51(47)45-23-11-13-26-48(45)53(42-21-9-4-10-22-42)49-27-14-12-24-46(49)51;8-7(9)6-4-2-1-3-5-6;1-7-5-3-2-4-6-7/h2-33H,1,34H2;1-5H,(H3,8,9);2-6H,1H3. The number of para-hydroxylation sites is 3. The number of hydrogen-bond acceptors (Lipinski definition) is 3. The fraction of sp³-hybridized carbons (Fsp3) is 0.0462. The zero-order valence-corrected chi connectivity index (χ0v) is 38.6. The third-order valence-electron chi connectivity index (χ3n) is 13.1. The summed E-state index contributed by atoms with van der Waals surface area (Å²) in [4.78, 5) is 6.87. The van der Waals surface area contributed by atoms with E-state index in [1.165, 1.54) is 89.3 Å². The zero-order valence-electron chi connectivity index (χ0n) is 38.6. The molecule has 0 saturated heterocycles. The highest BCUT2D eigenvalue weighted by atomic mass is 15.2. The minimum Gasteiger partial charge on any atom is -0.384 e. The number of aliphatic imine (C=N–C) groups is 1. The monoisotopic (exact) mass is 888 g/mol. The Hall–Kier alpha value is -8.86. The van der Waals surface area contributed by atoms with Crippen molar-refractivity contribution in [3.8, 4) is 44.5 Å². The maximum Gasteiger partial charge on any atom is 0.122 e. The number of fused-ring (bicyclic) bond motifs is 9. The van der Waals surface area contributed by atoms with Crippen molar-refractivity contribution in [3.63, 3.8) is 0 Å². The molecule has 0 unspecified atom stereocenters. The SMILES string of the molecule is C=NCc1cccc2c1-c1cc(-c3cc(-c4ccccc4)cc(-c4ccccc4)c3)ccc1C21c2ccccc2N(c2ccccc2)c2ccccc21.Cc1ccccc1.N=C(N)c1ccccc1. The Bertz CT molecular complexity index is 3300. The summed E-state index contributed by atoms with van der Waals surface area (Å²) in [5, 5.41) is 7.01. The Morgan fingerprint density at radius 2 is 0.928 bits per heavy atom. The first-order valence-corrected chi connectivity index (χ1v) is 23.4. The van der Waals surface area contributed by atoms with E-state index in [-0.39, 0.29) is 5.84 Å². The third kappa shape index (κ3) is 8.45. The van der Waals surface area contributed by atoms with E-state index in [9.17, 15) is 0 Å². The molecule has 1 spiro atoms. The van der Waals surface area contributed by atoms with Gasteiger partial charge in [0.25, 0.3) is 0 Å². The van der Waals surface area contributed by atoms with Crippen LogP contribution in [0.4, 0.5) is 17.1 Å². The zero-order chi connectivity index (χ0) is 47.2. The summed E-state index contributed by atoms with van der Waals surface area (Å²) >= 11 is 0. The van der Waals surface area contributed by atoms with Gasteiger partial charge in [-0.3, -0.25) is 10.4 Å². The van der Waals surface area contributed by atoms with Gasteiger partial charge in [0.15, 0.2) is 0 Å². The second kappa shape index (κ2) is 19.5. The van der Waals surface area contributed by atoms with Crippen LogP contribution in [0, 0.1) is 12.3 Å². The Kier molecular flexibility index (Phi) is 12.5. The first-order chi connectivity index (χ1) is 33.9. The van der Waals surface area contributed by atoms with Crippen LogP contribution in [0.15, 0.2) is 260 Å². The lowest BCUT2D eigenvalue weighted by Gasteiger charge is -2.45. The summed E-state index contributed by atoms with van der Waals surface area (Å²) in [5.74, 6) is 0.121. The largest absolute Gasteiger partial charge is 0.384 e. The summed E-state index contributed by atoms with van der Waals surface area (Å²) in [6.07, 6.45) is 0. The number of hydrogen-bond donors (Lipinski definition) is 2. The number of rotatable bonds is 7. The van der Waals surface area contributed by atoms with E-state index < -0.39 is 5.41 Å². The van der Waals surface area contributed by atoms with E-state index in [2.05, 4.69) is 230 Å². The third-order valence-corrected chi connectivity index (χ3v) is 13.1. The second-order valence-corrected chi connectivity index (χ2v) is 17.4. The number of aryl methyl sites for hydroxylation is 1. The fourth-order valence-corrected chi connectivity index (χ4v) is 10.1. The van der Waals surface area contributed by atoms with Gasteiger partial charge in [0.05, 0.1) is 23.3 Å². The topological polar surface area (TPSA) is 65.5 Å². The smallest absolute Gasteiger partial charge is 0.122 e. The van der Waals surface area contributed by atoms with Crippen molar-refractivity contribution >= 4 is 29.6 Å². The lowest BCUT2D eigenvalue weighted by atomic mass is 9.64. The van der Waals surface area contributed by atoms with E-state index >= 15 is 0 Å². The lowest BCUT2D eigenvalue weighted by Crippen LogP contribution is -2.36. The van der Waals surface area contributed by atoms with E-state index in [1.807, 2.05) is 48.5 Å². The van der Waals surface area contributed by atoms with Gasteiger partial charge in [-0.2, -0.15) is 0 Å². The molecular formula is C65H52N4. The molecule has 4 heteroatoms. The molecule has 3 N–H and O–H groups in total. The van der Waals surface area contributed by atoms with Gasteiger partial charge in [-0.25, -0.2) is 0 Å². The molecule has 0 amide bonds. The molecule has 10 aromatic rings. The van der Waals surface area contributed by atoms with Gasteiger partial charge in [0.1, 0.15) is 5.84 Å². The molecule has 0 radical (unpaired) electrons. The van der Waals surface area contributed by atoms with Crippen LogP contribution in [-0.4, -0.2) is 12.6 Å². The van der Waals surface area contributed by atoms with Crippen LogP contribution in [0.1, 0.15) is 38.9 Å². The quantitative estimate of drug-likeness (QED) is 0.124. The molecule has 4 nitrogen and oxygen atoms in total. The molecule has 0 atom stereocenters. The molecule has 1 heterocycles. The van der Waals surface area contributed by atoms with Crippen molar-refractivity contribution in [2.24, 2.45) is 10.7 Å². The highest BCUT2D eigenvalue weighted by Crippen LogP contribution is 2.64. The second-order valence-electron chi connectivity index (χ2n) is 17.4. The van der Waals surface area contributed by atoms with E-state index in [4.69, 9.17) is 11.1 Å². The molecule has 2 aliphatic rings. The summed E-state index contributed by atoms with van der Waals surface area (Å²) in [6, 6.07) is 90.5. The minimum atomic E-state index is -0.528. The number of anilines is 3. The predicted octanol–water partition coefficient (Wildman–Crippen LogP) is 16.0. The number of amidine groups is 1. The molecule has 10 aromatic carbocycles. The molecular weight excluding hydrogens is 837 g/mol. The molecule has 0 bridgehead atoms. The van der Waals surface area contributed by atoms with E-state index in [0.717, 1.165) is 11.3 Å². The number of nitrogens with zero attached hydrogens (tertiary/aromatic N) is 2. The van der Waals surface area contributed by atoms with Crippen LogP contribution in [-0.2, 0) is 12.0 Å². The van der Waals surface area contributed by atoms with Crippen LogP contribution in [0.5, 0.6) is 0 Å². The molecule has 69 heavy (non-hydrogen) atoms. The van der Waals surface area contributed by atoms with Crippen LogP contribution in [0.2, 0.25) is 0 Å². The maximum atomic E-state index is 7.01. The van der Waals surface area contributed by atoms with Crippen LogP contribution >= 0.6 is 0 Å². The minimum absolute atomic E-state index is 0.121. The van der Waals surface area contributed by atoms with Crippen LogP contribution in [0.3, 0.4) is 0 Å². The number of nitrogens with one attached hydrogen (secondary N) is 1. The molecule has 0 aromatic heterocycles. The Balaban J connectivity index is 0.000000293. The molecule has 1 aliphatic carbocycles. The van der Waals surface area contributed by atoms with Crippen molar-refractivity contribution in [2.75, 3.05) is 4.90 Å². The van der Waals surface area contributed by atoms with Gasteiger partial charge in [0.2, 0.25) is 0 Å². The van der Waals surface area contributed by atoms with Crippen molar-refractivity contribution < 1.29 is 0 Å². The van der Waals surface area contributed by atoms with Gasteiger partial charge in [0, 0.05) is 11.3 Å². The Morgan fingerprint density at radius 1 is 0.464 bits per heavy atom. The van der Waals surface area contributed by atoms with Gasteiger partial charge in [-0.05, 0) is 134 Å². The van der Waals surface area contributed by atoms with E-state index in [0.29, 0.717) is 6.54 Å². The number of nitrogens with two attached hydrogens (primary N) is 1. The molecule has 332 valence electrons. The summed E-state index contributed by atoms with van der Waals surface area (Å²) in [5.41, 5.74) is 26.3. The first kappa shape index (κ1) is 44.0. The fourth-order valence-electron chi connectivity index (χ4n) is 10.1. The van der Waals surface area contributed by atoms with Crippen LogP contribution in [0.25, 0.3) is 44.5 Å². The summed E-state index contributed by atoms with van der Waals surface area (Å²) in [7, 11) is 0. The molecule has 12 rings (SSSR count).